The van der Waals surface area contributed by atoms with Crippen LogP contribution in [0, 0.1) is 0 Å². The van der Waals surface area contributed by atoms with Crippen molar-refractivity contribution in [3.8, 4) is 0 Å². The lowest BCUT2D eigenvalue weighted by Gasteiger charge is -2.17. The lowest BCUT2D eigenvalue weighted by molar-refractivity contribution is -0.147. The molecular formula is C22H26O3. The van der Waals surface area contributed by atoms with E-state index >= 15 is 0 Å². The van der Waals surface area contributed by atoms with E-state index in [1.54, 1.807) is 12.1 Å². The summed E-state index contributed by atoms with van der Waals surface area (Å²) in [5.41, 5.74) is 1.25. The Bertz CT molecular complexity index is 649. The van der Waals surface area contributed by atoms with E-state index in [-0.39, 0.29) is 11.8 Å². The smallest absolute Gasteiger partial charge is 0.306 e. The molecule has 0 aliphatic rings. The standard InChI is InChI=1S/C22H26O3/c1-2-3-4-5-12-17-20(23)25-22(19-15-10-7-11-16-19)21(24)18-13-8-6-9-14-18/h6-11,13-16,22H,2-5,12,17H2,1H3. The number of carbonyl (C=O) groups is 2. The van der Waals surface area contributed by atoms with Crippen molar-refractivity contribution in [1.29, 1.82) is 0 Å². The van der Waals surface area contributed by atoms with Crippen LogP contribution in [-0.4, -0.2) is 11.8 Å². The zero-order valence-corrected chi connectivity index (χ0v) is 14.8. The molecule has 0 radical (unpaired) electrons. The van der Waals surface area contributed by atoms with E-state index in [9.17, 15) is 9.59 Å². The van der Waals surface area contributed by atoms with Gasteiger partial charge in [0.2, 0.25) is 5.78 Å². The third-order valence-electron chi connectivity index (χ3n) is 4.13. The van der Waals surface area contributed by atoms with Crippen LogP contribution in [0.5, 0.6) is 0 Å². The topological polar surface area (TPSA) is 43.4 Å². The Hall–Kier alpha value is -2.42. The van der Waals surface area contributed by atoms with Crippen molar-refractivity contribution in [3.05, 3.63) is 71.8 Å². The second-order valence-corrected chi connectivity index (χ2v) is 6.18. The number of hydrogen-bond acceptors (Lipinski definition) is 3. The van der Waals surface area contributed by atoms with Crippen molar-refractivity contribution in [1.82, 2.24) is 0 Å². The van der Waals surface area contributed by atoms with E-state index in [0.717, 1.165) is 19.3 Å². The molecule has 2 rings (SSSR count). The molecule has 0 saturated heterocycles. The normalized spacial score (nSPS) is 11.7. The van der Waals surface area contributed by atoms with Crippen LogP contribution in [0.1, 0.15) is 67.5 Å². The largest absolute Gasteiger partial charge is 0.449 e. The van der Waals surface area contributed by atoms with Crippen LogP contribution in [0.25, 0.3) is 0 Å². The second-order valence-electron chi connectivity index (χ2n) is 6.18. The Kier molecular flexibility index (Phi) is 7.90. The summed E-state index contributed by atoms with van der Waals surface area (Å²) in [5, 5.41) is 0. The van der Waals surface area contributed by atoms with E-state index in [0.29, 0.717) is 17.5 Å². The molecule has 0 amide bonds. The lowest BCUT2D eigenvalue weighted by atomic mass is 10.00. The maximum Gasteiger partial charge on any atom is 0.306 e. The quantitative estimate of drug-likeness (QED) is 0.326. The van der Waals surface area contributed by atoms with Crippen LogP contribution in [0.3, 0.4) is 0 Å². The van der Waals surface area contributed by atoms with Crippen LogP contribution in [0.4, 0.5) is 0 Å². The first-order valence-electron chi connectivity index (χ1n) is 9.06. The molecule has 0 spiro atoms. The van der Waals surface area contributed by atoms with Crippen LogP contribution in [0.15, 0.2) is 60.7 Å². The number of Topliss-reactive ketones (excluding diaryl/α,β-unsaturated/α-hetero) is 1. The highest BCUT2D eigenvalue weighted by molar-refractivity contribution is 6.00. The molecule has 2 aromatic rings. The number of hydrogen-bond donors (Lipinski definition) is 0. The van der Waals surface area contributed by atoms with Crippen LogP contribution in [-0.2, 0) is 9.53 Å². The predicted molar refractivity (Wildman–Crippen MR) is 99.4 cm³/mol. The lowest BCUT2D eigenvalue weighted by Crippen LogP contribution is -2.20. The number of unbranched alkanes of at least 4 members (excludes halogenated alkanes) is 4. The molecule has 132 valence electrons. The number of esters is 1. The first kappa shape index (κ1) is 18.9. The molecule has 25 heavy (non-hydrogen) atoms. The van der Waals surface area contributed by atoms with Crippen molar-refractivity contribution in [2.45, 2.75) is 51.6 Å². The minimum absolute atomic E-state index is 0.189. The van der Waals surface area contributed by atoms with Gasteiger partial charge >= 0.3 is 5.97 Å². The van der Waals surface area contributed by atoms with E-state index in [1.807, 2.05) is 48.5 Å². The number of ketones is 1. The maximum atomic E-state index is 12.8. The van der Waals surface area contributed by atoms with Gasteiger partial charge in [-0.25, -0.2) is 0 Å². The number of ether oxygens (including phenoxy) is 1. The molecule has 3 heteroatoms. The van der Waals surface area contributed by atoms with Gasteiger partial charge in [-0.05, 0) is 6.42 Å². The summed E-state index contributed by atoms with van der Waals surface area (Å²) in [5.74, 6) is -0.499. The van der Waals surface area contributed by atoms with E-state index < -0.39 is 6.10 Å². The van der Waals surface area contributed by atoms with Crippen molar-refractivity contribution in [2.24, 2.45) is 0 Å². The summed E-state index contributed by atoms with van der Waals surface area (Å²) in [6.07, 6.45) is 4.79. The molecule has 3 nitrogen and oxygen atoms in total. The molecular weight excluding hydrogens is 312 g/mol. The van der Waals surface area contributed by atoms with Gasteiger partial charge in [0.25, 0.3) is 0 Å². The van der Waals surface area contributed by atoms with E-state index in [1.165, 1.54) is 12.8 Å². The van der Waals surface area contributed by atoms with Crippen molar-refractivity contribution >= 4 is 11.8 Å². The summed E-state index contributed by atoms with van der Waals surface area (Å²) in [6, 6.07) is 18.2. The molecule has 0 fully saturated rings. The summed E-state index contributed by atoms with van der Waals surface area (Å²) in [4.78, 5) is 25.0. The molecule has 1 unspecified atom stereocenters. The number of rotatable bonds is 10. The number of carbonyl (C=O) groups excluding carboxylic acids is 2. The highest BCUT2D eigenvalue weighted by Gasteiger charge is 2.25. The summed E-state index contributed by atoms with van der Waals surface area (Å²) < 4.78 is 5.57. The minimum Gasteiger partial charge on any atom is -0.449 e. The average molecular weight is 338 g/mol. The molecule has 0 bridgehead atoms. The predicted octanol–water partition coefficient (Wildman–Crippen LogP) is 5.51. The summed E-state index contributed by atoms with van der Waals surface area (Å²) in [6.45, 7) is 2.16. The van der Waals surface area contributed by atoms with E-state index in [2.05, 4.69) is 6.92 Å². The second kappa shape index (κ2) is 10.4. The molecule has 0 aliphatic heterocycles. The first-order chi connectivity index (χ1) is 12.2. The fraction of sp³-hybridized carbons (Fsp3) is 0.364. The SMILES string of the molecule is CCCCCCCC(=O)OC(C(=O)c1ccccc1)c1ccccc1. The van der Waals surface area contributed by atoms with Crippen LogP contribution in [0.2, 0.25) is 0 Å². The Morgan fingerprint density at radius 2 is 1.44 bits per heavy atom. The van der Waals surface area contributed by atoms with Crippen molar-refractivity contribution in [3.63, 3.8) is 0 Å². The van der Waals surface area contributed by atoms with Gasteiger partial charge in [-0.15, -0.1) is 0 Å². The third-order valence-corrected chi connectivity index (χ3v) is 4.13. The van der Waals surface area contributed by atoms with Gasteiger partial charge in [-0.3, -0.25) is 9.59 Å². The highest BCUT2D eigenvalue weighted by Crippen LogP contribution is 2.23. The van der Waals surface area contributed by atoms with Gasteiger partial charge in [0.1, 0.15) is 0 Å². The van der Waals surface area contributed by atoms with Gasteiger partial charge in [0.15, 0.2) is 6.10 Å². The van der Waals surface area contributed by atoms with Gasteiger partial charge in [-0.1, -0.05) is 93.3 Å². The molecule has 0 aliphatic carbocycles. The third kappa shape index (κ3) is 6.18. The number of benzene rings is 2. The Morgan fingerprint density at radius 1 is 0.840 bits per heavy atom. The average Bonchev–Trinajstić information content (AvgIpc) is 2.67. The molecule has 2 aromatic carbocycles. The zero-order chi connectivity index (χ0) is 17.9. The fourth-order valence-electron chi connectivity index (χ4n) is 2.72. The highest BCUT2D eigenvalue weighted by atomic mass is 16.5. The molecule has 0 saturated carbocycles. The maximum absolute atomic E-state index is 12.8. The van der Waals surface area contributed by atoms with Crippen molar-refractivity contribution in [2.75, 3.05) is 0 Å². The zero-order valence-electron chi connectivity index (χ0n) is 14.8. The molecule has 1 atom stereocenters. The minimum atomic E-state index is -0.883. The van der Waals surface area contributed by atoms with E-state index in [4.69, 9.17) is 4.74 Å². The fourth-order valence-corrected chi connectivity index (χ4v) is 2.72. The summed E-state index contributed by atoms with van der Waals surface area (Å²) in [7, 11) is 0. The van der Waals surface area contributed by atoms with Gasteiger partial charge in [0, 0.05) is 17.5 Å². The molecule has 0 aromatic heterocycles. The Morgan fingerprint density at radius 3 is 2.08 bits per heavy atom. The van der Waals surface area contributed by atoms with Crippen LogP contribution >= 0.6 is 0 Å². The Labute approximate surface area is 150 Å². The summed E-state index contributed by atoms with van der Waals surface area (Å²) >= 11 is 0. The molecule has 0 heterocycles. The van der Waals surface area contributed by atoms with Gasteiger partial charge in [0.05, 0.1) is 0 Å². The Balaban J connectivity index is 2.03. The first-order valence-corrected chi connectivity index (χ1v) is 9.06. The van der Waals surface area contributed by atoms with Crippen LogP contribution < -0.4 is 0 Å². The van der Waals surface area contributed by atoms with Crippen molar-refractivity contribution < 1.29 is 14.3 Å². The monoisotopic (exact) mass is 338 g/mol. The van der Waals surface area contributed by atoms with Gasteiger partial charge < -0.3 is 4.74 Å². The molecule has 0 N–H and O–H groups in total. The van der Waals surface area contributed by atoms with Gasteiger partial charge in [-0.2, -0.15) is 0 Å².